The van der Waals surface area contributed by atoms with Crippen LogP contribution in [0.3, 0.4) is 0 Å². The molecule has 124 valence electrons. The Morgan fingerprint density at radius 2 is 1.88 bits per heavy atom. The second-order valence-electron chi connectivity index (χ2n) is 5.83. The van der Waals surface area contributed by atoms with Crippen molar-refractivity contribution >= 4 is 34.7 Å². The van der Waals surface area contributed by atoms with Crippen LogP contribution in [-0.4, -0.2) is 22.3 Å². The molecule has 0 radical (unpaired) electrons. The highest BCUT2D eigenvalue weighted by molar-refractivity contribution is 6.31. The summed E-state index contributed by atoms with van der Waals surface area (Å²) < 4.78 is 0. The number of aromatic nitrogens is 2. The summed E-state index contributed by atoms with van der Waals surface area (Å²) >= 11 is 12.1. The summed E-state index contributed by atoms with van der Waals surface area (Å²) in [5, 5.41) is 4.47. The van der Waals surface area contributed by atoms with Crippen LogP contribution in [0, 0.1) is 0 Å². The number of hydrogen-bond donors (Lipinski definition) is 1. The fourth-order valence-corrected chi connectivity index (χ4v) is 3.39. The first-order valence-corrected chi connectivity index (χ1v) is 8.53. The third-order valence-electron chi connectivity index (χ3n) is 4.24. The lowest BCUT2D eigenvalue weighted by Crippen LogP contribution is -2.16. The molecule has 1 aliphatic rings. The van der Waals surface area contributed by atoms with E-state index in [0.29, 0.717) is 28.0 Å². The maximum absolute atomic E-state index is 13.0. The van der Waals surface area contributed by atoms with Crippen molar-refractivity contribution in [2.24, 2.45) is 0 Å². The van der Waals surface area contributed by atoms with Gasteiger partial charge in [0.05, 0.1) is 11.6 Å². The summed E-state index contributed by atoms with van der Waals surface area (Å²) in [7, 11) is 0. The number of fused-ring (bicyclic) bond motifs is 1. The Morgan fingerprint density at radius 1 is 1.04 bits per heavy atom. The van der Waals surface area contributed by atoms with E-state index in [1.165, 1.54) is 6.33 Å². The van der Waals surface area contributed by atoms with Crippen LogP contribution in [0.15, 0.2) is 54.9 Å². The number of anilines is 1. The molecule has 0 amide bonds. The third-order valence-corrected chi connectivity index (χ3v) is 4.71. The maximum atomic E-state index is 13.0. The second kappa shape index (κ2) is 6.47. The number of benzene rings is 2. The van der Waals surface area contributed by atoms with E-state index >= 15 is 0 Å². The normalized spacial score (nSPS) is 15.5. The molecular formula is C19H13Cl2N3O. The molecule has 1 atom stereocenters. The topological polar surface area (TPSA) is 54.9 Å². The van der Waals surface area contributed by atoms with E-state index in [2.05, 4.69) is 15.3 Å². The van der Waals surface area contributed by atoms with E-state index in [-0.39, 0.29) is 11.7 Å². The minimum atomic E-state index is -0.309. The Kier molecular flexibility index (Phi) is 4.15. The highest BCUT2D eigenvalue weighted by atomic mass is 35.5. The Morgan fingerprint density at radius 3 is 2.72 bits per heavy atom. The first-order chi connectivity index (χ1) is 12.1. The largest absolute Gasteiger partial charge is 0.384 e. The summed E-state index contributed by atoms with van der Waals surface area (Å²) in [5.41, 5.74) is 3.73. The van der Waals surface area contributed by atoms with Crippen molar-refractivity contribution in [2.75, 3.05) is 11.9 Å². The number of rotatable bonds is 3. The van der Waals surface area contributed by atoms with Gasteiger partial charge in [-0.15, -0.1) is 0 Å². The van der Waals surface area contributed by atoms with Crippen LogP contribution >= 0.6 is 23.2 Å². The molecule has 2 aromatic carbocycles. The molecule has 1 unspecified atom stereocenters. The molecule has 4 rings (SSSR count). The van der Waals surface area contributed by atoms with Gasteiger partial charge >= 0.3 is 0 Å². The number of nitrogens with one attached hydrogen (secondary N) is 1. The van der Waals surface area contributed by atoms with E-state index in [1.807, 2.05) is 36.4 Å². The molecule has 0 bridgehead atoms. The zero-order valence-corrected chi connectivity index (χ0v) is 14.6. The molecule has 1 aromatic heterocycles. The number of carbonyl (C=O) groups excluding carboxylic acids is 1. The van der Waals surface area contributed by atoms with Crippen molar-refractivity contribution in [1.82, 2.24) is 9.97 Å². The van der Waals surface area contributed by atoms with Crippen molar-refractivity contribution in [3.8, 4) is 11.3 Å². The van der Waals surface area contributed by atoms with Gasteiger partial charge in [-0.25, -0.2) is 9.97 Å². The number of ketones is 1. The minimum absolute atomic E-state index is 0.0563. The average molecular weight is 370 g/mol. The molecule has 0 aliphatic carbocycles. The minimum Gasteiger partial charge on any atom is -0.384 e. The van der Waals surface area contributed by atoms with Gasteiger partial charge in [-0.2, -0.15) is 0 Å². The first kappa shape index (κ1) is 16.1. The van der Waals surface area contributed by atoms with E-state index in [4.69, 9.17) is 23.2 Å². The highest BCUT2D eigenvalue weighted by Crippen LogP contribution is 2.35. The van der Waals surface area contributed by atoms with Gasteiger partial charge in [-0.1, -0.05) is 35.3 Å². The molecule has 1 aliphatic heterocycles. The Hall–Kier alpha value is -2.43. The predicted molar refractivity (Wildman–Crippen MR) is 99.5 cm³/mol. The zero-order valence-electron chi connectivity index (χ0n) is 13.0. The first-order valence-electron chi connectivity index (χ1n) is 7.77. The second-order valence-corrected chi connectivity index (χ2v) is 6.70. The van der Waals surface area contributed by atoms with E-state index in [0.717, 1.165) is 16.8 Å². The fourth-order valence-electron chi connectivity index (χ4n) is 3.02. The maximum Gasteiger partial charge on any atom is 0.190 e. The van der Waals surface area contributed by atoms with Crippen LogP contribution < -0.4 is 5.32 Å². The number of nitrogens with zero attached hydrogens (tertiary/aromatic N) is 2. The summed E-state index contributed by atoms with van der Waals surface area (Å²) in [5.74, 6) is -0.366. The summed E-state index contributed by atoms with van der Waals surface area (Å²) in [6.45, 7) is 0.533. The van der Waals surface area contributed by atoms with Gasteiger partial charge < -0.3 is 5.32 Å². The molecule has 2 heterocycles. The molecule has 1 N–H and O–H groups in total. The molecule has 0 spiro atoms. The molecule has 0 fully saturated rings. The molecule has 0 saturated carbocycles. The van der Waals surface area contributed by atoms with Gasteiger partial charge in [-0.3, -0.25) is 4.79 Å². The van der Waals surface area contributed by atoms with Crippen LogP contribution in [0.1, 0.15) is 22.0 Å². The van der Waals surface area contributed by atoms with Crippen molar-refractivity contribution in [1.29, 1.82) is 0 Å². The number of Topliss-reactive ketones (excluding diaryl/α,β-unsaturated/α-hetero) is 1. The number of hydrogen-bond acceptors (Lipinski definition) is 4. The van der Waals surface area contributed by atoms with Crippen LogP contribution in [0.25, 0.3) is 11.3 Å². The molecule has 3 aromatic rings. The molecule has 25 heavy (non-hydrogen) atoms. The molecule has 4 nitrogen and oxygen atoms in total. The Labute approximate surface area is 154 Å². The Bertz CT molecular complexity index is 974. The van der Waals surface area contributed by atoms with Crippen molar-refractivity contribution in [2.45, 2.75) is 5.92 Å². The lowest BCUT2D eigenvalue weighted by molar-refractivity contribution is 0.0961. The van der Waals surface area contributed by atoms with Crippen LogP contribution in [-0.2, 0) is 0 Å². The lowest BCUT2D eigenvalue weighted by atomic mass is 9.94. The van der Waals surface area contributed by atoms with Gasteiger partial charge in [0.15, 0.2) is 5.78 Å². The Balaban J connectivity index is 1.69. The van der Waals surface area contributed by atoms with E-state index < -0.39 is 0 Å². The molecular weight excluding hydrogens is 357 g/mol. The SMILES string of the molecule is O=C(c1cc(-c2cccc(Cl)c2)ncn1)C1CNc2ccc(Cl)cc21. The smallest absolute Gasteiger partial charge is 0.190 e. The quantitative estimate of drug-likeness (QED) is 0.670. The average Bonchev–Trinajstić information content (AvgIpc) is 3.04. The van der Waals surface area contributed by atoms with Gasteiger partial charge in [0.2, 0.25) is 0 Å². The van der Waals surface area contributed by atoms with Crippen molar-refractivity contribution in [3.05, 3.63) is 76.2 Å². The summed E-state index contributed by atoms with van der Waals surface area (Å²) in [6, 6.07) is 14.6. The summed E-state index contributed by atoms with van der Waals surface area (Å²) in [6.07, 6.45) is 1.41. The van der Waals surface area contributed by atoms with E-state index in [9.17, 15) is 4.79 Å². The summed E-state index contributed by atoms with van der Waals surface area (Å²) in [4.78, 5) is 21.4. The van der Waals surface area contributed by atoms with Gasteiger partial charge in [-0.05, 0) is 42.0 Å². The predicted octanol–water partition coefficient (Wildman–Crippen LogP) is 4.84. The number of carbonyl (C=O) groups is 1. The van der Waals surface area contributed by atoms with E-state index in [1.54, 1.807) is 12.1 Å². The van der Waals surface area contributed by atoms with Crippen LogP contribution in [0.4, 0.5) is 5.69 Å². The third kappa shape index (κ3) is 3.11. The molecule has 6 heteroatoms. The van der Waals surface area contributed by atoms with Gasteiger partial charge in [0, 0.05) is 27.8 Å². The van der Waals surface area contributed by atoms with Crippen LogP contribution in [0.2, 0.25) is 10.0 Å². The van der Waals surface area contributed by atoms with Crippen LogP contribution in [0.5, 0.6) is 0 Å². The van der Waals surface area contributed by atoms with Crippen molar-refractivity contribution < 1.29 is 4.79 Å². The lowest BCUT2D eigenvalue weighted by Gasteiger charge is -2.10. The standard InChI is InChI=1S/C19H13Cl2N3O/c20-12-3-1-2-11(6-12)17-8-18(24-10-23-17)19(25)15-9-22-16-5-4-13(21)7-14(15)16/h1-8,10,15,22H,9H2. The molecule has 0 saturated heterocycles. The highest BCUT2D eigenvalue weighted by Gasteiger charge is 2.30. The van der Waals surface area contributed by atoms with Crippen molar-refractivity contribution in [3.63, 3.8) is 0 Å². The van der Waals surface area contributed by atoms with Gasteiger partial charge in [0.1, 0.15) is 12.0 Å². The monoisotopic (exact) mass is 369 g/mol. The zero-order chi connectivity index (χ0) is 17.4. The van der Waals surface area contributed by atoms with Gasteiger partial charge in [0.25, 0.3) is 0 Å². The fraction of sp³-hybridized carbons (Fsp3) is 0.105. The number of halogens is 2.